The first kappa shape index (κ1) is 19.9. The fourth-order valence-electron chi connectivity index (χ4n) is 3.06. The van der Waals surface area contributed by atoms with Gasteiger partial charge in [-0.3, -0.25) is 14.5 Å². The summed E-state index contributed by atoms with van der Waals surface area (Å²) in [6, 6.07) is 7.12. The van der Waals surface area contributed by atoms with Gasteiger partial charge in [-0.25, -0.2) is 0 Å². The molecule has 0 atom stereocenters. The van der Waals surface area contributed by atoms with Gasteiger partial charge in [-0.2, -0.15) is 0 Å². The minimum atomic E-state index is -0.0993. The van der Waals surface area contributed by atoms with Crippen LogP contribution in [-0.2, 0) is 4.79 Å². The van der Waals surface area contributed by atoms with Crippen molar-refractivity contribution in [3.63, 3.8) is 0 Å². The van der Waals surface area contributed by atoms with Gasteiger partial charge in [0.25, 0.3) is 5.91 Å². The summed E-state index contributed by atoms with van der Waals surface area (Å²) in [5, 5.41) is 2.87. The molecule has 1 aliphatic heterocycles. The van der Waals surface area contributed by atoms with Crippen molar-refractivity contribution in [3.8, 4) is 0 Å². The summed E-state index contributed by atoms with van der Waals surface area (Å²) >= 11 is 0. The topological polar surface area (TPSA) is 52.7 Å². The van der Waals surface area contributed by atoms with Crippen molar-refractivity contribution in [2.24, 2.45) is 5.92 Å². The second-order valence-electron chi connectivity index (χ2n) is 6.87. The average Bonchev–Trinajstić information content (AvgIpc) is 2.63. The van der Waals surface area contributed by atoms with E-state index < -0.39 is 0 Å². The van der Waals surface area contributed by atoms with Gasteiger partial charge in [0.2, 0.25) is 5.91 Å². The van der Waals surface area contributed by atoms with Crippen LogP contribution in [-0.4, -0.2) is 54.3 Å². The highest BCUT2D eigenvalue weighted by molar-refractivity contribution is 5.96. The fraction of sp³-hybridized carbons (Fsp3) is 0.429. The van der Waals surface area contributed by atoms with Crippen molar-refractivity contribution < 1.29 is 9.59 Å². The molecule has 26 heavy (non-hydrogen) atoms. The van der Waals surface area contributed by atoms with Crippen molar-refractivity contribution in [1.29, 1.82) is 0 Å². The average molecular weight is 355 g/mol. The molecule has 1 saturated heterocycles. The van der Waals surface area contributed by atoms with Crippen LogP contribution in [0.1, 0.15) is 30.1 Å². The number of hydrogen-bond acceptors (Lipinski definition) is 3. The van der Waals surface area contributed by atoms with Gasteiger partial charge >= 0.3 is 0 Å². The van der Waals surface area contributed by atoms with Crippen molar-refractivity contribution in [2.75, 3.05) is 38.0 Å². The molecule has 0 spiro atoms. The molecule has 0 unspecified atom stereocenters. The predicted octanol–water partition coefficient (Wildman–Crippen LogP) is 3.17. The number of nitrogens with one attached hydrogen (secondary N) is 1. The van der Waals surface area contributed by atoms with E-state index in [2.05, 4.69) is 25.4 Å². The van der Waals surface area contributed by atoms with Gasteiger partial charge in [-0.1, -0.05) is 19.1 Å². The smallest absolute Gasteiger partial charge is 0.253 e. The summed E-state index contributed by atoms with van der Waals surface area (Å²) in [6.45, 7) is 12.8. The molecule has 0 aliphatic carbocycles. The van der Waals surface area contributed by atoms with Crippen LogP contribution >= 0.6 is 0 Å². The van der Waals surface area contributed by atoms with Gasteiger partial charge in [0.05, 0.1) is 6.54 Å². The lowest BCUT2D eigenvalue weighted by Crippen LogP contribution is -2.37. The predicted molar refractivity (Wildman–Crippen MR) is 106 cm³/mol. The number of benzene rings is 1. The van der Waals surface area contributed by atoms with E-state index >= 15 is 0 Å². The molecule has 5 nitrogen and oxygen atoms in total. The van der Waals surface area contributed by atoms with Crippen LogP contribution in [0.25, 0.3) is 0 Å². The standard InChI is InChI=1S/C21H29N3O2/c1-4-12-23(13-5-2)16-20(25)22-19-8-6-18(7-9-19)21(26)24-14-10-17(3)11-15-24/h4-9,17H,1-2,10-16H2,3H3,(H,22,25). The Bertz CT molecular complexity index is 621. The zero-order chi connectivity index (χ0) is 18.9. The van der Waals surface area contributed by atoms with Crippen molar-refractivity contribution in [3.05, 3.63) is 55.1 Å². The summed E-state index contributed by atoms with van der Waals surface area (Å²) in [5.74, 6) is 0.661. The molecule has 140 valence electrons. The Labute approximate surface area is 156 Å². The zero-order valence-electron chi connectivity index (χ0n) is 15.6. The molecule has 0 saturated carbocycles. The molecule has 2 amide bonds. The number of carbonyl (C=O) groups is 2. The number of carbonyl (C=O) groups excluding carboxylic acids is 2. The first-order chi connectivity index (χ1) is 12.5. The van der Waals surface area contributed by atoms with Crippen LogP contribution in [0.5, 0.6) is 0 Å². The number of rotatable bonds is 8. The van der Waals surface area contributed by atoms with E-state index in [4.69, 9.17) is 0 Å². The van der Waals surface area contributed by atoms with Crippen LogP contribution in [0.4, 0.5) is 5.69 Å². The van der Waals surface area contributed by atoms with Crippen LogP contribution in [0, 0.1) is 5.92 Å². The van der Waals surface area contributed by atoms with E-state index in [9.17, 15) is 9.59 Å². The second-order valence-corrected chi connectivity index (χ2v) is 6.87. The third-order valence-corrected chi connectivity index (χ3v) is 4.63. The van der Waals surface area contributed by atoms with Crippen LogP contribution in [0.2, 0.25) is 0 Å². The van der Waals surface area contributed by atoms with Crippen LogP contribution in [0.15, 0.2) is 49.6 Å². The van der Waals surface area contributed by atoms with E-state index in [1.165, 1.54) is 0 Å². The fourth-order valence-corrected chi connectivity index (χ4v) is 3.06. The lowest BCUT2D eigenvalue weighted by Gasteiger charge is -2.30. The molecule has 5 heteroatoms. The third kappa shape index (κ3) is 5.85. The number of amides is 2. The molecule has 1 heterocycles. The summed E-state index contributed by atoms with van der Waals surface area (Å²) in [6.07, 6.45) is 5.65. The highest BCUT2D eigenvalue weighted by Crippen LogP contribution is 2.19. The van der Waals surface area contributed by atoms with Gasteiger partial charge < -0.3 is 10.2 Å². The van der Waals surface area contributed by atoms with Gasteiger partial charge in [0, 0.05) is 37.4 Å². The summed E-state index contributed by atoms with van der Waals surface area (Å²) in [7, 11) is 0. The maximum atomic E-state index is 12.5. The Morgan fingerprint density at radius 1 is 1.15 bits per heavy atom. The lowest BCUT2D eigenvalue weighted by molar-refractivity contribution is -0.117. The number of hydrogen-bond donors (Lipinski definition) is 1. The van der Waals surface area contributed by atoms with Gasteiger partial charge in [-0.05, 0) is 43.0 Å². The van der Waals surface area contributed by atoms with Crippen LogP contribution in [0.3, 0.4) is 0 Å². The summed E-state index contributed by atoms with van der Waals surface area (Å²) in [4.78, 5) is 28.6. The molecule has 0 bridgehead atoms. The highest BCUT2D eigenvalue weighted by atomic mass is 16.2. The Hall–Kier alpha value is -2.40. The summed E-state index contributed by atoms with van der Waals surface area (Å²) in [5.41, 5.74) is 1.36. The molecule has 1 fully saturated rings. The number of anilines is 1. The first-order valence-corrected chi connectivity index (χ1v) is 9.16. The van der Waals surface area contributed by atoms with Crippen LogP contribution < -0.4 is 5.32 Å². The molecule has 1 aromatic carbocycles. The lowest BCUT2D eigenvalue weighted by atomic mass is 9.98. The molecule has 2 rings (SSSR count). The molecule has 1 aromatic rings. The first-order valence-electron chi connectivity index (χ1n) is 9.16. The van der Waals surface area contributed by atoms with Crippen molar-refractivity contribution in [1.82, 2.24) is 9.80 Å². The Morgan fingerprint density at radius 2 is 1.73 bits per heavy atom. The molecular weight excluding hydrogens is 326 g/mol. The highest BCUT2D eigenvalue weighted by Gasteiger charge is 2.21. The molecule has 1 N–H and O–H groups in total. The largest absolute Gasteiger partial charge is 0.339 e. The quantitative estimate of drug-likeness (QED) is 0.729. The molecular formula is C21H29N3O2. The van der Waals surface area contributed by atoms with E-state index in [0.29, 0.717) is 30.3 Å². The number of piperidine rings is 1. The maximum absolute atomic E-state index is 12.5. The van der Waals surface area contributed by atoms with Crippen molar-refractivity contribution >= 4 is 17.5 Å². The SMILES string of the molecule is C=CCN(CC=C)CC(=O)Nc1ccc(C(=O)N2CCC(C)CC2)cc1. The van der Waals surface area contributed by atoms with E-state index in [0.717, 1.165) is 25.9 Å². The normalized spacial score (nSPS) is 14.9. The van der Waals surface area contributed by atoms with Gasteiger partial charge in [0.1, 0.15) is 0 Å². The second kappa shape index (κ2) is 9.92. The van der Waals surface area contributed by atoms with Gasteiger partial charge in [0.15, 0.2) is 0 Å². The molecule has 1 aliphatic rings. The summed E-state index contributed by atoms with van der Waals surface area (Å²) < 4.78 is 0. The Balaban J connectivity index is 1.90. The van der Waals surface area contributed by atoms with Crippen molar-refractivity contribution in [2.45, 2.75) is 19.8 Å². The van der Waals surface area contributed by atoms with E-state index in [1.807, 2.05) is 9.80 Å². The molecule has 0 aromatic heterocycles. The number of likely N-dealkylation sites (tertiary alicyclic amines) is 1. The van der Waals surface area contributed by atoms with E-state index in [-0.39, 0.29) is 18.4 Å². The Kier molecular flexibility index (Phi) is 7.60. The monoisotopic (exact) mass is 355 g/mol. The Morgan fingerprint density at radius 3 is 2.27 bits per heavy atom. The minimum Gasteiger partial charge on any atom is -0.339 e. The van der Waals surface area contributed by atoms with E-state index in [1.54, 1.807) is 36.4 Å². The molecule has 0 radical (unpaired) electrons. The van der Waals surface area contributed by atoms with Gasteiger partial charge in [-0.15, -0.1) is 13.2 Å². The number of nitrogens with zero attached hydrogens (tertiary/aromatic N) is 2. The minimum absolute atomic E-state index is 0.0675. The third-order valence-electron chi connectivity index (χ3n) is 4.63. The zero-order valence-corrected chi connectivity index (χ0v) is 15.6. The maximum Gasteiger partial charge on any atom is 0.253 e.